The first-order valence-electron chi connectivity index (χ1n) is 9.29. The summed E-state index contributed by atoms with van der Waals surface area (Å²) in [6.45, 7) is 4.03. The van der Waals surface area contributed by atoms with Gasteiger partial charge in [-0.05, 0) is 30.4 Å². The Labute approximate surface area is 158 Å². The number of nitrogens with one attached hydrogen (secondary N) is 1. The topological polar surface area (TPSA) is 64.9 Å². The molecule has 6 heteroatoms. The smallest absolute Gasteiger partial charge is 0.227 e. The number of carbonyl (C=O) groups is 2. The van der Waals surface area contributed by atoms with Gasteiger partial charge in [0.15, 0.2) is 0 Å². The van der Waals surface area contributed by atoms with Crippen LogP contribution in [0.25, 0.3) is 0 Å². The van der Waals surface area contributed by atoms with Crippen molar-refractivity contribution in [3.8, 4) is 0 Å². The van der Waals surface area contributed by atoms with E-state index >= 15 is 0 Å². The van der Waals surface area contributed by atoms with E-state index in [1.54, 1.807) is 0 Å². The molecule has 0 spiro atoms. The van der Waals surface area contributed by atoms with Gasteiger partial charge in [0.2, 0.25) is 5.91 Å². The highest BCUT2D eigenvalue weighted by Gasteiger charge is 2.50. The number of hydrogen-bond acceptors (Lipinski definition) is 3. The zero-order valence-corrected chi connectivity index (χ0v) is 15.3. The number of aliphatic carboxylic acids is 1. The number of quaternary nitrogens is 1. The maximum absolute atomic E-state index is 13.0. The summed E-state index contributed by atoms with van der Waals surface area (Å²) >= 11 is 5.93. The first kappa shape index (κ1) is 17.6. The quantitative estimate of drug-likeness (QED) is 0.739. The van der Waals surface area contributed by atoms with E-state index in [0.717, 1.165) is 31.1 Å². The highest BCUT2D eigenvalue weighted by Crippen LogP contribution is 2.48. The van der Waals surface area contributed by atoms with Crippen molar-refractivity contribution in [1.29, 1.82) is 0 Å². The van der Waals surface area contributed by atoms with Crippen molar-refractivity contribution in [2.45, 2.75) is 13.0 Å². The minimum Gasteiger partial charge on any atom is -0.550 e. The van der Waals surface area contributed by atoms with Crippen molar-refractivity contribution < 1.29 is 19.6 Å². The van der Waals surface area contributed by atoms with Gasteiger partial charge in [0.1, 0.15) is 6.54 Å². The number of halogens is 1. The molecular formula is C20H23ClN2O3. The lowest BCUT2D eigenvalue weighted by Crippen LogP contribution is -3.13. The molecule has 1 amide bonds. The Morgan fingerprint density at radius 1 is 1.08 bits per heavy atom. The lowest BCUT2D eigenvalue weighted by molar-refractivity contribution is -0.917. The Kier molecular flexibility index (Phi) is 4.76. The van der Waals surface area contributed by atoms with Gasteiger partial charge in [-0.25, -0.2) is 0 Å². The number of allylic oxidation sites excluding steroid dienone is 2. The predicted octanol–water partition coefficient (Wildman–Crippen LogP) is -0.245. The fourth-order valence-corrected chi connectivity index (χ4v) is 4.93. The normalized spacial score (nSPS) is 30.7. The number of fused-ring (bicyclic) bond motifs is 2. The molecule has 1 aromatic rings. The molecule has 1 N–H and O–H groups in total. The maximum Gasteiger partial charge on any atom is 0.227 e. The summed E-state index contributed by atoms with van der Waals surface area (Å²) in [5, 5.41) is 12.3. The minimum atomic E-state index is -1.08. The Morgan fingerprint density at radius 3 is 2.31 bits per heavy atom. The third-order valence-corrected chi connectivity index (χ3v) is 6.42. The summed E-state index contributed by atoms with van der Waals surface area (Å²) in [5.41, 5.74) is 1.24. The molecule has 2 fully saturated rings. The fraction of sp³-hybridized carbons (Fsp3) is 0.500. The number of amides is 1. The van der Waals surface area contributed by atoms with Gasteiger partial charge in [-0.2, -0.15) is 0 Å². The first-order valence-corrected chi connectivity index (χ1v) is 9.66. The second-order valence-corrected chi connectivity index (χ2v) is 8.13. The highest BCUT2D eigenvalue weighted by molar-refractivity contribution is 6.30. The molecule has 1 heterocycles. The number of nitrogens with zero attached hydrogens (tertiary/aromatic N) is 1. The molecule has 2 aliphatic carbocycles. The van der Waals surface area contributed by atoms with E-state index in [1.807, 2.05) is 41.3 Å². The number of piperazine rings is 1. The van der Waals surface area contributed by atoms with Crippen LogP contribution < -0.4 is 10.0 Å². The average molecular weight is 375 g/mol. The van der Waals surface area contributed by atoms with Gasteiger partial charge in [0, 0.05) is 22.5 Å². The average Bonchev–Trinajstić information content (AvgIpc) is 3.25. The molecule has 2 bridgehead atoms. The van der Waals surface area contributed by atoms with Crippen molar-refractivity contribution >= 4 is 23.5 Å². The molecular weight excluding hydrogens is 352 g/mol. The molecule has 4 rings (SSSR count). The predicted molar refractivity (Wildman–Crippen MR) is 95.2 cm³/mol. The van der Waals surface area contributed by atoms with Crippen LogP contribution in [0.1, 0.15) is 12.0 Å². The molecule has 0 radical (unpaired) electrons. The summed E-state index contributed by atoms with van der Waals surface area (Å²) in [6.07, 6.45) is 4.74. The van der Waals surface area contributed by atoms with E-state index in [2.05, 4.69) is 0 Å². The van der Waals surface area contributed by atoms with Crippen molar-refractivity contribution in [3.63, 3.8) is 0 Å². The van der Waals surface area contributed by atoms with Gasteiger partial charge in [-0.1, -0.05) is 35.9 Å². The summed E-state index contributed by atoms with van der Waals surface area (Å²) in [4.78, 5) is 27.8. The molecule has 3 aliphatic rings. The van der Waals surface area contributed by atoms with Gasteiger partial charge >= 0.3 is 0 Å². The van der Waals surface area contributed by atoms with E-state index in [4.69, 9.17) is 11.6 Å². The number of rotatable bonds is 4. The number of benzene rings is 1. The van der Waals surface area contributed by atoms with Crippen LogP contribution in [-0.2, 0) is 16.1 Å². The molecule has 1 aromatic carbocycles. The summed E-state index contributed by atoms with van der Waals surface area (Å²) < 4.78 is 0. The van der Waals surface area contributed by atoms with E-state index in [9.17, 15) is 14.7 Å². The maximum atomic E-state index is 13.0. The lowest BCUT2D eigenvalue weighted by Gasteiger charge is -2.37. The van der Waals surface area contributed by atoms with Crippen molar-refractivity contribution in [1.82, 2.24) is 4.90 Å². The van der Waals surface area contributed by atoms with Crippen LogP contribution in [0.15, 0.2) is 36.4 Å². The Morgan fingerprint density at radius 2 is 1.69 bits per heavy atom. The standard InChI is InChI=1S/C20H23ClN2O3/c21-16-5-1-13(2-6-16)12-22-7-9-23(10-8-22)19(24)17-14-3-4-15(11-14)18(17)20(25)26/h1-6,14-15,17-18H,7-12H2,(H,25,26)/t14-,15-,17-,18+/m1/s1. The van der Waals surface area contributed by atoms with Gasteiger partial charge < -0.3 is 19.7 Å². The molecule has 1 saturated heterocycles. The largest absolute Gasteiger partial charge is 0.550 e. The third-order valence-electron chi connectivity index (χ3n) is 6.17. The van der Waals surface area contributed by atoms with E-state index in [0.29, 0.717) is 13.1 Å². The second-order valence-electron chi connectivity index (χ2n) is 7.70. The van der Waals surface area contributed by atoms with Crippen molar-refractivity contribution in [3.05, 3.63) is 47.0 Å². The van der Waals surface area contributed by atoms with Crippen LogP contribution in [-0.4, -0.2) is 43.0 Å². The summed E-state index contributed by atoms with van der Waals surface area (Å²) in [5.74, 6) is -2.14. The van der Waals surface area contributed by atoms with Crippen LogP contribution in [0, 0.1) is 23.7 Å². The number of hydrogen-bond donors (Lipinski definition) is 1. The van der Waals surface area contributed by atoms with Crippen LogP contribution in [0.3, 0.4) is 0 Å². The van der Waals surface area contributed by atoms with Crippen LogP contribution >= 0.6 is 11.6 Å². The third kappa shape index (κ3) is 3.26. The number of carbonyl (C=O) groups excluding carboxylic acids is 2. The van der Waals surface area contributed by atoms with Gasteiger partial charge in [-0.3, -0.25) is 4.79 Å². The molecule has 0 aromatic heterocycles. The van der Waals surface area contributed by atoms with Crippen LogP contribution in [0.5, 0.6) is 0 Å². The molecule has 26 heavy (non-hydrogen) atoms. The molecule has 138 valence electrons. The molecule has 5 nitrogen and oxygen atoms in total. The Hall–Kier alpha value is -1.85. The van der Waals surface area contributed by atoms with Crippen molar-refractivity contribution in [2.75, 3.05) is 26.2 Å². The Bertz CT molecular complexity index is 725. The first-order chi connectivity index (χ1) is 12.5. The summed E-state index contributed by atoms with van der Waals surface area (Å²) in [6, 6.07) is 7.88. The van der Waals surface area contributed by atoms with E-state index < -0.39 is 17.8 Å². The SMILES string of the molecule is O=C([O-])[C@@H]1[C@H](C(=O)N2CC[NH+](Cc3ccc(Cl)cc3)CC2)[C@@H]2C=C[C@@H]1C2. The number of carboxylic acids is 1. The zero-order chi connectivity index (χ0) is 18.3. The fourth-order valence-electron chi connectivity index (χ4n) is 4.80. The number of carboxylic acid groups (broad SMARTS) is 1. The second kappa shape index (κ2) is 7.05. The Balaban J connectivity index is 1.36. The zero-order valence-electron chi connectivity index (χ0n) is 14.6. The molecule has 0 unspecified atom stereocenters. The van der Waals surface area contributed by atoms with E-state index in [1.165, 1.54) is 10.5 Å². The minimum absolute atomic E-state index is 0.00147. The monoisotopic (exact) mass is 374 g/mol. The van der Waals surface area contributed by atoms with Gasteiger partial charge in [0.05, 0.1) is 32.1 Å². The van der Waals surface area contributed by atoms with E-state index in [-0.39, 0.29) is 17.7 Å². The molecule has 1 saturated carbocycles. The van der Waals surface area contributed by atoms with Crippen molar-refractivity contribution in [2.24, 2.45) is 23.7 Å². The van der Waals surface area contributed by atoms with Crippen LogP contribution in [0.4, 0.5) is 0 Å². The lowest BCUT2D eigenvalue weighted by atomic mass is 9.82. The van der Waals surface area contributed by atoms with Crippen LogP contribution in [0.2, 0.25) is 5.02 Å². The molecule has 1 aliphatic heterocycles. The van der Waals surface area contributed by atoms with Gasteiger partial charge in [-0.15, -0.1) is 0 Å². The summed E-state index contributed by atoms with van der Waals surface area (Å²) in [7, 11) is 0. The molecule has 4 atom stereocenters. The highest BCUT2D eigenvalue weighted by atomic mass is 35.5. The van der Waals surface area contributed by atoms with Gasteiger partial charge in [0.25, 0.3) is 0 Å².